The number of hydrogen-bond acceptors (Lipinski definition) is 3. The first-order chi connectivity index (χ1) is 11.1. The molecule has 0 aromatic heterocycles. The monoisotopic (exact) mass is 339 g/mol. The van der Waals surface area contributed by atoms with Gasteiger partial charge >= 0.3 is 0 Å². The minimum absolute atomic E-state index is 0.133. The molecule has 1 amide bonds. The molecular formula is C18H26ClNO3. The lowest BCUT2D eigenvalue weighted by Gasteiger charge is -2.12. The molecule has 5 heteroatoms. The van der Waals surface area contributed by atoms with Crippen LogP contribution in [0.1, 0.15) is 38.7 Å². The quantitative estimate of drug-likeness (QED) is 0.659. The summed E-state index contributed by atoms with van der Waals surface area (Å²) in [5.41, 5.74) is 1.03. The lowest BCUT2D eigenvalue weighted by Crippen LogP contribution is -2.29. The number of carbonyl (C=O) groups excluding carboxylic acids is 1. The van der Waals surface area contributed by atoms with Gasteiger partial charge in [-0.1, -0.05) is 37.9 Å². The minimum Gasteiger partial charge on any atom is -0.490 e. The molecule has 1 aliphatic carbocycles. The fourth-order valence-electron chi connectivity index (χ4n) is 2.07. The molecular weight excluding hydrogens is 314 g/mol. The lowest BCUT2D eigenvalue weighted by molar-refractivity contribution is -0.122. The first-order valence-electron chi connectivity index (χ1n) is 8.36. The maximum absolute atomic E-state index is 11.5. The van der Waals surface area contributed by atoms with E-state index in [9.17, 15) is 4.79 Å². The van der Waals surface area contributed by atoms with E-state index in [0.717, 1.165) is 31.4 Å². The summed E-state index contributed by atoms with van der Waals surface area (Å²) in [7, 11) is 0. The summed E-state index contributed by atoms with van der Waals surface area (Å²) in [6.07, 6.45) is 3.14. The molecule has 23 heavy (non-hydrogen) atoms. The second-order valence-electron chi connectivity index (χ2n) is 6.21. The van der Waals surface area contributed by atoms with E-state index in [1.54, 1.807) is 0 Å². The molecule has 1 aromatic rings. The van der Waals surface area contributed by atoms with Crippen molar-refractivity contribution in [3.8, 4) is 5.75 Å². The number of rotatable bonds is 10. The van der Waals surface area contributed by atoms with Crippen molar-refractivity contribution in [2.45, 2.75) is 39.7 Å². The van der Waals surface area contributed by atoms with Crippen LogP contribution in [-0.4, -0.2) is 25.7 Å². The Kier molecular flexibility index (Phi) is 7.18. The molecule has 128 valence electrons. The van der Waals surface area contributed by atoms with Crippen molar-refractivity contribution in [1.29, 1.82) is 0 Å². The first-order valence-corrected chi connectivity index (χ1v) is 8.74. The molecule has 1 N–H and O–H groups in total. The zero-order valence-electron chi connectivity index (χ0n) is 13.9. The number of carbonyl (C=O) groups is 1. The zero-order chi connectivity index (χ0) is 16.7. The summed E-state index contributed by atoms with van der Waals surface area (Å²) in [6, 6.07) is 5.68. The minimum atomic E-state index is 0.133. The highest BCUT2D eigenvalue weighted by atomic mass is 35.5. The van der Waals surface area contributed by atoms with Crippen LogP contribution in [0.2, 0.25) is 5.02 Å². The van der Waals surface area contributed by atoms with Gasteiger partial charge in [-0.3, -0.25) is 4.79 Å². The maximum Gasteiger partial charge on any atom is 0.223 e. The van der Waals surface area contributed by atoms with Gasteiger partial charge in [-0.25, -0.2) is 0 Å². The van der Waals surface area contributed by atoms with E-state index in [1.807, 2.05) is 18.2 Å². The molecule has 1 fully saturated rings. The second kappa shape index (κ2) is 9.14. The Morgan fingerprint density at radius 2 is 2.22 bits per heavy atom. The van der Waals surface area contributed by atoms with E-state index in [-0.39, 0.29) is 11.8 Å². The molecule has 2 rings (SSSR count). The van der Waals surface area contributed by atoms with E-state index in [0.29, 0.717) is 36.4 Å². The Hall–Kier alpha value is -1.26. The summed E-state index contributed by atoms with van der Waals surface area (Å²) in [5.74, 6) is 1.57. The second-order valence-corrected chi connectivity index (χ2v) is 6.61. The Labute approximate surface area is 143 Å². The van der Waals surface area contributed by atoms with Gasteiger partial charge in [0.2, 0.25) is 5.91 Å². The van der Waals surface area contributed by atoms with E-state index < -0.39 is 0 Å². The molecule has 0 radical (unpaired) electrons. The van der Waals surface area contributed by atoms with Crippen molar-refractivity contribution in [2.75, 3.05) is 19.8 Å². The summed E-state index contributed by atoms with van der Waals surface area (Å²) < 4.78 is 11.3. The average molecular weight is 340 g/mol. The number of nitrogens with one attached hydrogen (secondary N) is 1. The van der Waals surface area contributed by atoms with Crippen molar-refractivity contribution < 1.29 is 14.3 Å². The standard InChI is InChI=1S/C18H26ClNO3/c1-3-13(2)11-22-12-14-4-7-17(16(19)10-14)23-9-8-20-18(21)15-5-6-15/h4,7,10,13,15H,3,5-6,8-9,11-12H2,1-2H3,(H,20,21). The van der Waals surface area contributed by atoms with Crippen LogP contribution in [0.4, 0.5) is 0 Å². The van der Waals surface area contributed by atoms with Gasteiger partial charge < -0.3 is 14.8 Å². The van der Waals surface area contributed by atoms with Crippen molar-refractivity contribution >= 4 is 17.5 Å². The molecule has 1 aliphatic rings. The SMILES string of the molecule is CCC(C)COCc1ccc(OCCNC(=O)C2CC2)c(Cl)c1. The Bertz CT molecular complexity index is 517. The van der Waals surface area contributed by atoms with Gasteiger partial charge in [-0.05, 0) is 36.5 Å². The molecule has 1 aromatic carbocycles. The Morgan fingerprint density at radius 3 is 2.87 bits per heavy atom. The number of ether oxygens (including phenoxy) is 2. The largest absolute Gasteiger partial charge is 0.490 e. The van der Waals surface area contributed by atoms with Gasteiger partial charge in [0, 0.05) is 12.5 Å². The molecule has 0 saturated heterocycles. The van der Waals surface area contributed by atoms with Crippen LogP contribution in [-0.2, 0) is 16.1 Å². The van der Waals surface area contributed by atoms with Gasteiger partial charge in [0.05, 0.1) is 18.2 Å². The van der Waals surface area contributed by atoms with Gasteiger partial charge in [0.25, 0.3) is 0 Å². The number of benzene rings is 1. The highest BCUT2D eigenvalue weighted by Crippen LogP contribution is 2.28. The van der Waals surface area contributed by atoms with Crippen LogP contribution < -0.4 is 10.1 Å². The van der Waals surface area contributed by atoms with Crippen LogP contribution in [0.15, 0.2) is 18.2 Å². The van der Waals surface area contributed by atoms with Gasteiger partial charge in [-0.2, -0.15) is 0 Å². The van der Waals surface area contributed by atoms with E-state index in [1.165, 1.54) is 0 Å². The molecule has 1 saturated carbocycles. The zero-order valence-corrected chi connectivity index (χ0v) is 14.7. The van der Waals surface area contributed by atoms with Crippen LogP contribution >= 0.6 is 11.6 Å². The molecule has 4 nitrogen and oxygen atoms in total. The third kappa shape index (κ3) is 6.40. The normalized spacial score (nSPS) is 15.3. The molecule has 0 heterocycles. The van der Waals surface area contributed by atoms with E-state index in [2.05, 4.69) is 19.2 Å². The Balaban J connectivity index is 1.69. The number of hydrogen-bond donors (Lipinski definition) is 1. The smallest absolute Gasteiger partial charge is 0.223 e. The van der Waals surface area contributed by atoms with Crippen molar-refractivity contribution in [2.24, 2.45) is 11.8 Å². The topological polar surface area (TPSA) is 47.6 Å². The summed E-state index contributed by atoms with van der Waals surface area (Å²) in [5, 5.41) is 3.44. The highest BCUT2D eigenvalue weighted by Gasteiger charge is 2.29. The third-order valence-electron chi connectivity index (χ3n) is 3.97. The molecule has 0 aliphatic heterocycles. The van der Waals surface area contributed by atoms with Gasteiger partial charge in [0.1, 0.15) is 12.4 Å². The molecule has 1 unspecified atom stereocenters. The summed E-state index contributed by atoms with van der Waals surface area (Å²) >= 11 is 6.23. The lowest BCUT2D eigenvalue weighted by atomic mass is 10.1. The van der Waals surface area contributed by atoms with Crippen molar-refractivity contribution in [3.63, 3.8) is 0 Å². The molecule has 0 bridgehead atoms. The van der Waals surface area contributed by atoms with Gasteiger partial charge in [0.15, 0.2) is 0 Å². The maximum atomic E-state index is 11.5. The number of amides is 1. The predicted molar refractivity (Wildman–Crippen MR) is 91.8 cm³/mol. The Morgan fingerprint density at radius 1 is 1.43 bits per heavy atom. The molecule has 1 atom stereocenters. The molecule has 0 spiro atoms. The van der Waals surface area contributed by atoms with Crippen LogP contribution in [0.25, 0.3) is 0 Å². The highest BCUT2D eigenvalue weighted by molar-refractivity contribution is 6.32. The van der Waals surface area contributed by atoms with Crippen molar-refractivity contribution in [3.05, 3.63) is 28.8 Å². The average Bonchev–Trinajstić information content (AvgIpc) is 3.37. The van der Waals surface area contributed by atoms with Gasteiger partial charge in [-0.15, -0.1) is 0 Å². The first kappa shape index (κ1) is 18.1. The predicted octanol–water partition coefficient (Wildman–Crippen LogP) is 3.81. The third-order valence-corrected chi connectivity index (χ3v) is 4.27. The van der Waals surface area contributed by atoms with Crippen molar-refractivity contribution in [1.82, 2.24) is 5.32 Å². The van der Waals surface area contributed by atoms with Crippen LogP contribution in [0, 0.1) is 11.8 Å². The summed E-state index contributed by atoms with van der Waals surface area (Å²) in [6.45, 7) is 6.57. The number of halogens is 1. The summed E-state index contributed by atoms with van der Waals surface area (Å²) in [4.78, 5) is 11.5. The van der Waals surface area contributed by atoms with Crippen LogP contribution in [0.5, 0.6) is 5.75 Å². The fraction of sp³-hybridized carbons (Fsp3) is 0.611. The van der Waals surface area contributed by atoms with Crippen LogP contribution in [0.3, 0.4) is 0 Å². The fourth-order valence-corrected chi connectivity index (χ4v) is 2.33. The van der Waals surface area contributed by atoms with E-state index >= 15 is 0 Å². The van der Waals surface area contributed by atoms with E-state index in [4.69, 9.17) is 21.1 Å².